The molecule has 2 rings (SSSR count). The van der Waals surface area contributed by atoms with Crippen LogP contribution in [-0.2, 0) is 0 Å². The second-order valence-electron chi connectivity index (χ2n) is 4.09. The molecule has 0 aliphatic heterocycles. The van der Waals surface area contributed by atoms with Gasteiger partial charge in [-0.1, -0.05) is 11.6 Å². The minimum atomic E-state index is -1.11. The summed E-state index contributed by atoms with van der Waals surface area (Å²) in [7, 11) is 0. The normalized spacial score (nSPS) is 10.6. The molecule has 9 heteroatoms. The van der Waals surface area contributed by atoms with Gasteiger partial charge in [0, 0.05) is 10.0 Å². The summed E-state index contributed by atoms with van der Waals surface area (Å²) in [5, 5.41) is 10.8. The number of hydrogen-bond acceptors (Lipinski definition) is 3. The second-order valence-corrected chi connectivity index (χ2v) is 6.14. The molecule has 0 amide bonds. The van der Waals surface area contributed by atoms with Crippen molar-refractivity contribution >= 4 is 54.9 Å². The number of ketones is 1. The molecule has 22 heavy (non-hydrogen) atoms. The van der Waals surface area contributed by atoms with Gasteiger partial charge in [-0.2, -0.15) is 4.39 Å². The van der Waals surface area contributed by atoms with Crippen LogP contribution in [-0.4, -0.2) is 10.7 Å². The highest BCUT2D eigenvalue weighted by atomic mass is 79.9. The lowest BCUT2D eigenvalue weighted by molar-refractivity contribution is -0.388. The maximum Gasteiger partial charge on any atom is 0.319 e. The first-order valence-electron chi connectivity index (χ1n) is 5.55. The van der Waals surface area contributed by atoms with Crippen LogP contribution in [0.2, 0.25) is 5.02 Å². The van der Waals surface area contributed by atoms with Crippen LogP contribution in [0, 0.1) is 21.7 Å². The Bertz CT molecular complexity index is 814. The van der Waals surface area contributed by atoms with Gasteiger partial charge in [0.2, 0.25) is 5.82 Å². The summed E-state index contributed by atoms with van der Waals surface area (Å²) in [5.74, 6) is -2.46. The molecule has 2 aromatic rings. The van der Waals surface area contributed by atoms with E-state index in [4.69, 9.17) is 11.6 Å². The molecule has 0 aliphatic rings. The maximum atomic E-state index is 13.7. The van der Waals surface area contributed by atoms with Gasteiger partial charge in [0.1, 0.15) is 10.3 Å². The number of hydrogen-bond donors (Lipinski definition) is 0. The highest BCUT2D eigenvalue weighted by Crippen LogP contribution is 2.38. The quantitative estimate of drug-likeness (QED) is 0.359. The van der Waals surface area contributed by atoms with E-state index < -0.39 is 28.0 Å². The zero-order chi connectivity index (χ0) is 16.6. The van der Waals surface area contributed by atoms with Gasteiger partial charge in [0.05, 0.1) is 15.5 Å². The van der Waals surface area contributed by atoms with E-state index in [0.29, 0.717) is 0 Å². The molecule has 114 valence electrons. The summed E-state index contributed by atoms with van der Waals surface area (Å²) in [6, 6.07) is 3.93. The van der Waals surface area contributed by atoms with Crippen LogP contribution in [0.4, 0.5) is 14.5 Å². The highest BCUT2D eigenvalue weighted by Gasteiger charge is 2.29. The van der Waals surface area contributed by atoms with Crippen molar-refractivity contribution in [3.05, 3.63) is 71.1 Å². The van der Waals surface area contributed by atoms with Gasteiger partial charge in [-0.15, -0.1) is 0 Å². The molecule has 0 fully saturated rings. The van der Waals surface area contributed by atoms with Crippen LogP contribution in [0.25, 0.3) is 0 Å². The van der Waals surface area contributed by atoms with E-state index in [0.717, 1.165) is 24.3 Å². The van der Waals surface area contributed by atoms with Crippen molar-refractivity contribution in [1.82, 2.24) is 0 Å². The number of benzene rings is 2. The second kappa shape index (κ2) is 6.39. The Morgan fingerprint density at radius 2 is 1.86 bits per heavy atom. The van der Waals surface area contributed by atoms with E-state index in [1.165, 1.54) is 0 Å². The average Bonchev–Trinajstić information content (AvgIpc) is 2.36. The first-order chi connectivity index (χ1) is 10.2. The van der Waals surface area contributed by atoms with Gasteiger partial charge in [-0.3, -0.25) is 14.9 Å². The number of nitrogens with zero attached hydrogens (tertiary/aromatic N) is 1. The third-order valence-corrected chi connectivity index (χ3v) is 4.44. The zero-order valence-electron chi connectivity index (χ0n) is 10.4. The van der Waals surface area contributed by atoms with Crippen LogP contribution in [0.3, 0.4) is 0 Å². The summed E-state index contributed by atoms with van der Waals surface area (Å²) >= 11 is 11.7. The molecule has 0 aromatic heterocycles. The summed E-state index contributed by atoms with van der Waals surface area (Å²) in [5.41, 5.74) is -1.11. The summed E-state index contributed by atoms with van der Waals surface area (Å²) < 4.78 is 26.4. The van der Waals surface area contributed by atoms with Gasteiger partial charge in [0.25, 0.3) is 0 Å². The van der Waals surface area contributed by atoms with Crippen molar-refractivity contribution in [3.8, 4) is 0 Å². The van der Waals surface area contributed by atoms with Gasteiger partial charge >= 0.3 is 5.69 Å². The van der Waals surface area contributed by atoms with Gasteiger partial charge in [-0.25, -0.2) is 4.39 Å². The molecule has 0 unspecified atom stereocenters. The number of nitro benzene ring substituents is 1. The Morgan fingerprint density at radius 1 is 1.23 bits per heavy atom. The standard InChI is InChI=1S/C13H4Br2ClF2NO3/c14-7-4-9(18)12(19(21)22)11(15)10(7)13(20)6-2-1-5(17)3-8(6)16/h1-4H. The molecule has 0 radical (unpaired) electrons. The minimum absolute atomic E-state index is 0.00728. The van der Waals surface area contributed by atoms with Crippen LogP contribution in [0.5, 0.6) is 0 Å². The van der Waals surface area contributed by atoms with E-state index in [1.54, 1.807) is 0 Å². The first kappa shape index (κ1) is 17.0. The number of carbonyl (C=O) groups excluding carboxylic acids is 1. The lowest BCUT2D eigenvalue weighted by Gasteiger charge is -2.09. The Kier molecular flexibility index (Phi) is 4.93. The van der Waals surface area contributed by atoms with Crippen LogP contribution >= 0.6 is 43.5 Å². The van der Waals surface area contributed by atoms with Crippen molar-refractivity contribution in [3.63, 3.8) is 0 Å². The topological polar surface area (TPSA) is 60.2 Å². The first-order valence-corrected chi connectivity index (χ1v) is 7.52. The molecule has 0 saturated carbocycles. The highest BCUT2D eigenvalue weighted by molar-refractivity contribution is 9.11. The molecule has 4 nitrogen and oxygen atoms in total. The molecular formula is C13H4Br2ClF2NO3. The average molecular weight is 455 g/mol. The number of nitro groups is 1. The third-order valence-electron chi connectivity index (χ3n) is 2.73. The Hall–Kier alpha value is -1.38. The van der Waals surface area contributed by atoms with E-state index in [-0.39, 0.29) is 25.1 Å². The Morgan fingerprint density at radius 3 is 2.41 bits per heavy atom. The lowest BCUT2D eigenvalue weighted by atomic mass is 10.0. The third kappa shape index (κ3) is 3.04. The van der Waals surface area contributed by atoms with Gasteiger partial charge in [0.15, 0.2) is 5.78 Å². The fourth-order valence-electron chi connectivity index (χ4n) is 1.76. The molecule has 0 spiro atoms. The van der Waals surface area contributed by atoms with Crippen molar-refractivity contribution in [2.45, 2.75) is 0 Å². The van der Waals surface area contributed by atoms with E-state index >= 15 is 0 Å². The fourth-order valence-corrected chi connectivity index (χ4v) is 3.59. The van der Waals surface area contributed by atoms with Crippen molar-refractivity contribution in [2.24, 2.45) is 0 Å². The van der Waals surface area contributed by atoms with E-state index in [2.05, 4.69) is 31.9 Å². The molecule has 0 N–H and O–H groups in total. The van der Waals surface area contributed by atoms with E-state index in [1.807, 2.05) is 0 Å². The minimum Gasteiger partial charge on any atom is -0.288 e. The molecule has 0 saturated heterocycles. The predicted molar refractivity (Wildman–Crippen MR) is 83.3 cm³/mol. The SMILES string of the molecule is O=C(c1ccc(F)cc1Cl)c1c(Br)cc(F)c([N+](=O)[O-])c1Br. The largest absolute Gasteiger partial charge is 0.319 e. The van der Waals surface area contributed by atoms with Crippen LogP contribution < -0.4 is 0 Å². The van der Waals surface area contributed by atoms with Crippen molar-refractivity contribution < 1.29 is 18.5 Å². The van der Waals surface area contributed by atoms with Crippen LogP contribution in [0.1, 0.15) is 15.9 Å². The molecular weight excluding hydrogens is 451 g/mol. The summed E-state index contributed by atoms with van der Waals surface area (Å²) in [6.45, 7) is 0. The summed E-state index contributed by atoms with van der Waals surface area (Å²) in [6.07, 6.45) is 0. The maximum absolute atomic E-state index is 13.7. The van der Waals surface area contributed by atoms with E-state index in [9.17, 15) is 23.7 Å². The van der Waals surface area contributed by atoms with Crippen molar-refractivity contribution in [2.75, 3.05) is 0 Å². The van der Waals surface area contributed by atoms with Crippen LogP contribution in [0.15, 0.2) is 33.2 Å². The molecule has 0 heterocycles. The van der Waals surface area contributed by atoms with Gasteiger partial charge in [-0.05, 0) is 56.1 Å². The summed E-state index contributed by atoms with van der Waals surface area (Å²) in [4.78, 5) is 22.5. The van der Waals surface area contributed by atoms with Gasteiger partial charge < -0.3 is 0 Å². The fraction of sp³-hybridized carbons (Fsp3) is 0. The molecule has 0 bridgehead atoms. The lowest BCUT2D eigenvalue weighted by Crippen LogP contribution is -2.07. The van der Waals surface area contributed by atoms with Crippen molar-refractivity contribution in [1.29, 1.82) is 0 Å². The smallest absolute Gasteiger partial charge is 0.288 e. The molecule has 0 atom stereocenters. The Labute approximate surface area is 144 Å². The predicted octanol–water partition coefficient (Wildman–Crippen LogP) is 5.28. The number of rotatable bonds is 3. The number of halogens is 5. The molecule has 0 aliphatic carbocycles. The zero-order valence-corrected chi connectivity index (χ0v) is 14.3. The molecule has 2 aromatic carbocycles. The number of carbonyl (C=O) groups is 1. The Balaban J connectivity index is 2.69. The monoisotopic (exact) mass is 453 g/mol.